The molecule has 2 aliphatic heterocycles. The van der Waals surface area contributed by atoms with Crippen molar-refractivity contribution in [2.45, 2.75) is 25.9 Å². The largest absolute Gasteiger partial charge is 0.382 e. The molecule has 0 radical (unpaired) electrons. The first-order chi connectivity index (χ1) is 10.6. The molecule has 0 aliphatic carbocycles. The number of nitrogens with one attached hydrogen (secondary N) is 2. The molecule has 6 nitrogen and oxygen atoms in total. The lowest BCUT2D eigenvalue weighted by molar-refractivity contribution is 0.0903. The van der Waals surface area contributed by atoms with Crippen molar-refractivity contribution in [2.24, 2.45) is 0 Å². The first-order valence-electron chi connectivity index (χ1n) is 7.35. The number of anilines is 2. The first kappa shape index (κ1) is 13.5. The zero-order valence-corrected chi connectivity index (χ0v) is 13.3. The predicted molar refractivity (Wildman–Crippen MR) is 87.3 cm³/mol. The van der Waals surface area contributed by atoms with Crippen molar-refractivity contribution < 1.29 is 4.79 Å². The van der Waals surface area contributed by atoms with Gasteiger partial charge in [0.05, 0.1) is 21.9 Å². The smallest absolute Gasteiger partial charge is 0.265 e. The number of hydrogen-bond donors (Lipinski definition) is 2. The van der Waals surface area contributed by atoms with Gasteiger partial charge in [0, 0.05) is 19.3 Å². The number of carbonyl (C=O) groups excluding carboxylic acids is 1. The average Bonchev–Trinajstić information content (AvgIpc) is 2.72. The van der Waals surface area contributed by atoms with Crippen molar-refractivity contribution in [3.63, 3.8) is 0 Å². The molecule has 2 N–H and O–H groups in total. The molecule has 2 aromatic rings. The van der Waals surface area contributed by atoms with Gasteiger partial charge in [-0.15, -0.1) is 11.3 Å². The second-order valence-electron chi connectivity index (χ2n) is 6.02. The molecule has 7 heteroatoms. The van der Waals surface area contributed by atoms with E-state index in [1.54, 1.807) is 12.5 Å². The van der Waals surface area contributed by atoms with Crippen LogP contribution < -0.4 is 15.5 Å². The molecule has 22 heavy (non-hydrogen) atoms. The molecule has 0 spiro atoms. The lowest BCUT2D eigenvalue weighted by atomic mass is 10.1. The zero-order valence-electron chi connectivity index (χ0n) is 12.5. The van der Waals surface area contributed by atoms with Crippen molar-refractivity contribution >= 4 is 28.6 Å². The Morgan fingerprint density at radius 3 is 3.00 bits per heavy atom. The minimum absolute atomic E-state index is 0.00786. The third-order valence-electron chi connectivity index (χ3n) is 4.13. The van der Waals surface area contributed by atoms with Crippen LogP contribution in [0.4, 0.5) is 11.4 Å². The van der Waals surface area contributed by atoms with E-state index in [4.69, 9.17) is 0 Å². The van der Waals surface area contributed by atoms with Crippen molar-refractivity contribution in [1.82, 2.24) is 15.3 Å². The van der Waals surface area contributed by atoms with Gasteiger partial charge >= 0.3 is 0 Å². The molecule has 1 amide bonds. The molecule has 4 rings (SSSR count). The summed E-state index contributed by atoms with van der Waals surface area (Å²) in [6, 6.07) is 1.88. The van der Waals surface area contributed by atoms with E-state index in [-0.39, 0.29) is 11.6 Å². The summed E-state index contributed by atoms with van der Waals surface area (Å²) in [6.45, 7) is 5.90. The second kappa shape index (κ2) is 4.67. The Balaban J connectivity index is 1.96. The lowest BCUT2D eigenvalue weighted by Crippen LogP contribution is -2.60. The van der Waals surface area contributed by atoms with Crippen LogP contribution in [-0.4, -0.2) is 34.6 Å². The second-order valence-corrected chi connectivity index (χ2v) is 7.04. The standard InChI is InChI=1S/C15H17N5OS/c1-15(2)19-14(21)13-11-10(17-5-3-7-20(11)15)12(22-13)9-4-6-16-8-18-9/h4,6,8,17H,3,5,7H2,1-2H3,(H,19,21). The number of hydrogen-bond acceptors (Lipinski definition) is 6. The summed E-state index contributed by atoms with van der Waals surface area (Å²) in [5.74, 6) is -0.00786. The minimum atomic E-state index is -0.380. The van der Waals surface area contributed by atoms with Gasteiger partial charge in [-0.05, 0) is 26.3 Å². The topological polar surface area (TPSA) is 70.2 Å². The number of carbonyl (C=O) groups is 1. The Labute approximate surface area is 132 Å². The van der Waals surface area contributed by atoms with Crippen molar-refractivity contribution in [1.29, 1.82) is 0 Å². The van der Waals surface area contributed by atoms with Crippen molar-refractivity contribution in [3.05, 3.63) is 23.5 Å². The molecule has 0 atom stereocenters. The van der Waals surface area contributed by atoms with Gasteiger partial charge in [-0.3, -0.25) is 4.79 Å². The highest BCUT2D eigenvalue weighted by Gasteiger charge is 2.41. The van der Waals surface area contributed by atoms with E-state index >= 15 is 0 Å². The van der Waals surface area contributed by atoms with Gasteiger partial charge in [0.1, 0.15) is 16.9 Å². The molecular formula is C15H17N5OS. The molecule has 114 valence electrons. The number of rotatable bonds is 1. The van der Waals surface area contributed by atoms with Crippen LogP contribution in [0.5, 0.6) is 0 Å². The maximum absolute atomic E-state index is 12.5. The van der Waals surface area contributed by atoms with E-state index in [0.29, 0.717) is 0 Å². The number of thiophene rings is 1. The van der Waals surface area contributed by atoms with E-state index in [1.807, 2.05) is 19.9 Å². The van der Waals surface area contributed by atoms with Gasteiger partial charge in [-0.2, -0.15) is 0 Å². The molecule has 0 bridgehead atoms. The van der Waals surface area contributed by atoms with E-state index < -0.39 is 0 Å². The Morgan fingerprint density at radius 1 is 1.36 bits per heavy atom. The highest BCUT2D eigenvalue weighted by Crippen LogP contribution is 2.49. The fourth-order valence-corrected chi connectivity index (χ4v) is 4.28. The highest BCUT2D eigenvalue weighted by atomic mass is 32.1. The van der Waals surface area contributed by atoms with Crippen LogP contribution in [0.1, 0.15) is 29.9 Å². The predicted octanol–water partition coefficient (Wildman–Crippen LogP) is 2.31. The summed E-state index contributed by atoms with van der Waals surface area (Å²) in [5.41, 5.74) is 2.52. The SMILES string of the molecule is CC1(C)NC(=O)c2sc(-c3ccncn3)c3c2N1CCCN3. The summed E-state index contributed by atoms with van der Waals surface area (Å²) < 4.78 is 0. The van der Waals surface area contributed by atoms with Crippen LogP contribution in [0.15, 0.2) is 18.6 Å². The molecule has 0 unspecified atom stereocenters. The van der Waals surface area contributed by atoms with Gasteiger partial charge < -0.3 is 15.5 Å². The van der Waals surface area contributed by atoms with Gasteiger partial charge in [-0.1, -0.05) is 0 Å². The van der Waals surface area contributed by atoms with Crippen LogP contribution in [0.3, 0.4) is 0 Å². The highest BCUT2D eigenvalue weighted by molar-refractivity contribution is 7.18. The van der Waals surface area contributed by atoms with Gasteiger partial charge in [0.15, 0.2) is 0 Å². The van der Waals surface area contributed by atoms with Gasteiger partial charge in [0.25, 0.3) is 5.91 Å². The molecular weight excluding hydrogens is 298 g/mol. The Hall–Kier alpha value is -2.15. The number of nitrogens with zero attached hydrogens (tertiary/aromatic N) is 3. The van der Waals surface area contributed by atoms with E-state index in [2.05, 4.69) is 25.5 Å². The molecule has 0 saturated carbocycles. The van der Waals surface area contributed by atoms with Crippen LogP contribution in [0.25, 0.3) is 10.6 Å². The molecule has 2 aromatic heterocycles. The zero-order chi connectivity index (χ0) is 15.3. The van der Waals surface area contributed by atoms with E-state index in [9.17, 15) is 4.79 Å². The third-order valence-corrected chi connectivity index (χ3v) is 5.33. The first-order valence-corrected chi connectivity index (χ1v) is 8.17. The van der Waals surface area contributed by atoms with Gasteiger partial charge in [-0.25, -0.2) is 9.97 Å². The molecule has 2 aliphatic rings. The normalized spacial score (nSPS) is 19.0. The average molecular weight is 315 g/mol. The number of aromatic nitrogens is 2. The lowest BCUT2D eigenvalue weighted by Gasteiger charge is -2.43. The molecule has 0 saturated heterocycles. The van der Waals surface area contributed by atoms with Crippen LogP contribution >= 0.6 is 11.3 Å². The summed E-state index contributed by atoms with van der Waals surface area (Å²) in [4.78, 5) is 24.9. The summed E-state index contributed by atoms with van der Waals surface area (Å²) >= 11 is 1.49. The van der Waals surface area contributed by atoms with Gasteiger partial charge in [0.2, 0.25) is 0 Å². The van der Waals surface area contributed by atoms with E-state index in [0.717, 1.165) is 46.3 Å². The Morgan fingerprint density at radius 2 is 2.23 bits per heavy atom. The number of amides is 1. The molecule has 4 heterocycles. The molecule has 0 aromatic carbocycles. The van der Waals surface area contributed by atoms with E-state index in [1.165, 1.54) is 11.3 Å². The monoisotopic (exact) mass is 315 g/mol. The summed E-state index contributed by atoms with van der Waals surface area (Å²) in [6.07, 6.45) is 4.30. The quantitative estimate of drug-likeness (QED) is 0.845. The Kier molecular flexibility index (Phi) is 2.87. The van der Waals surface area contributed by atoms with Crippen LogP contribution in [-0.2, 0) is 0 Å². The van der Waals surface area contributed by atoms with Crippen molar-refractivity contribution in [2.75, 3.05) is 23.3 Å². The van der Waals surface area contributed by atoms with Crippen molar-refractivity contribution in [3.8, 4) is 10.6 Å². The van der Waals surface area contributed by atoms with Crippen LogP contribution in [0.2, 0.25) is 0 Å². The fourth-order valence-electron chi connectivity index (χ4n) is 3.13. The summed E-state index contributed by atoms with van der Waals surface area (Å²) in [5, 5.41) is 6.60. The van der Waals surface area contributed by atoms with Crippen LogP contribution in [0, 0.1) is 0 Å². The molecule has 0 fully saturated rings. The Bertz CT molecular complexity index is 740. The minimum Gasteiger partial charge on any atom is -0.382 e. The maximum Gasteiger partial charge on any atom is 0.265 e. The maximum atomic E-state index is 12.5. The fraction of sp³-hybridized carbons (Fsp3) is 0.400. The third kappa shape index (κ3) is 1.89. The summed E-state index contributed by atoms with van der Waals surface area (Å²) in [7, 11) is 0.